The zero-order valence-electron chi connectivity index (χ0n) is 18.3. The zero-order chi connectivity index (χ0) is 23.5. The number of rotatable bonds is 6. The molecule has 0 bridgehead atoms. The van der Waals surface area contributed by atoms with Gasteiger partial charge in [0.2, 0.25) is 5.43 Å². The molecule has 1 fully saturated rings. The Bertz CT molecular complexity index is 1010. The van der Waals surface area contributed by atoms with Gasteiger partial charge in [-0.05, 0) is 45.4 Å². The molecule has 2 unspecified atom stereocenters. The van der Waals surface area contributed by atoms with Crippen molar-refractivity contribution < 1.29 is 22.7 Å². The van der Waals surface area contributed by atoms with Crippen LogP contribution in [-0.4, -0.2) is 59.0 Å². The number of nitrogens with zero attached hydrogens (tertiary/aromatic N) is 3. The summed E-state index contributed by atoms with van der Waals surface area (Å²) in [5.41, 5.74) is -1.35. The van der Waals surface area contributed by atoms with E-state index < -0.39 is 23.1 Å². The number of aromatic nitrogens is 2. The first-order chi connectivity index (χ1) is 15.0. The number of benzene rings is 1. The Labute approximate surface area is 184 Å². The monoisotopic (exact) mass is 452 g/mol. The minimum absolute atomic E-state index is 0.113. The Morgan fingerprint density at radius 2 is 1.91 bits per heavy atom. The summed E-state index contributed by atoms with van der Waals surface area (Å²) in [4.78, 5) is 27.1. The fourth-order valence-electron chi connectivity index (χ4n) is 3.84. The molecule has 1 aliphatic heterocycles. The van der Waals surface area contributed by atoms with Crippen molar-refractivity contribution in [2.75, 3.05) is 26.2 Å². The van der Waals surface area contributed by atoms with Crippen LogP contribution in [0.25, 0.3) is 5.69 Å². The van der Waals surface area contributed by atoms with Gasteiger partial charge in [-0.2, -0.15) is 18.3 Å². The number of aryl methyl sites for hydroxylation is 1. The third kappa shape index (κ3) is 5.95. The number of carbonyl (C=O) groups is 1. The summed E-state index contributed by atoms with van der Waals surface area (Å²) in [6.07, 6.45) is -3.53. The second-order valence-corrected chi connectivity index (χ2v) is 8.08. The van der Waals surface area contributed by atoms with E-state index >= 15 is 0 Å². The minimum Gasteiger partial charge on any atom is -0.373 e. The van der Waals surface area contributed by atoms with Crippen molar-refractivity contribution in [1.82, 2.24) is 20.0 Å². The van der Waals surface area contributed by atoms with Crippen LogP contribution in [-0.2, 0) is 10.9 Å². The van der Waals surface area contributed by atoms with Gasteiger partial charge in [0, 0.05) is 37.9 Å². The van der Waals surface area contributed by atoms with Gasteiger partial charge in [0.1, 0.15) is 0 Å². The Morgan fingerprint density at radius 1 is 1.22 bits per heavy atom. The van der Waals surface area contributed by atoms with E-state index in [1.807, 2.05) is 13.8 Å². The van der Waals surface area contributed by atoms with E-state index in [1.165, 1.54) is 22.9 Å². The minimum atomic E-state index is -4.51. The molecular weight excluding hydrogens is 425 g/mol. The van der Waals surface area contributed by atoms with Crippen molar-refractivity contribution in [2.45, 2.75) is 45.6 Å². The normalized spacial score (nSPS) is 19.7. The quantitative estimate of drug-likeness (QED) is 0.683. The highest BCUT2D eigenvalue weighted by Gasteiger charge is 2.30. The molecule has 0 saturated carbocycles. The fourth-order valence-corrected chi connectivity index (χ4v) is 3.84. The molecule has 174 valence electrons. The van der Waals surface area contributed by atoms with Gasteiger partial charge in [0.25, 0.3) is 5.91 Å². The zero-order valence-corrected chi connectivity index (χ0v) is 18.3. The molecule has 7 nitrogen and oxygen atoms in total. The maximum absolute atomic E-state index is 13.1. The number of morpholine rings is 1. The average Bonchev–Trinajstić information content (AvgIpc) is 2.70. The van der Waals surface area contributed by atoms with Gasteiger partial charge in [-0.15, -0.1) is 0 Å². The van der Waals surface area contributed by atoms with Crippen LogP contribution < -0.4 is 10.7 Å². The van der Waals surface area contributed by atoms with Gasteiger partial charge >= 0.3 is 6.18 Å². The molecule has 0 radical (unpaired) electrons. The third-order valence-corrected chi connectivity index (χ3v) is 5.17. The topological polar surface area (TPSA) is 76.5 Å². The van der Waals surface area contributed by atoms with Crippen molar-refractivity contribution in [2.24, 2.45) is 0 Å². The maximum atomic E-state index is 13.1. The Kier molecular flexibility index (Phi) is 7.35. The van der Waals surface area contributed by atoms with Crippen molar-refractivity contribution in [3.8, 4) is 5.69 Å². The van der Waals surface area contributed by atoms with Crippen LogP contribution in [0.4, 0.5) is 13.2 Å². The lowest BCUT2D eigenvalue weighted by molar-refractivity contribution is -0.137. The number of carbonyl (C=O) groups excluding carboxylic acids is 1. The van der Waals surface area contributed by atoms with E-state index in [4.69, 9.17) is 4.74 Å². The number of nitrogens with one attached hydrogen (secondary N) is 1. The molecule has 2 atom stereocenters. The molecule has 2 aromatic rings. The molecule has 1 aromatic heterocycles. The van der Waals surface area contributed by atoms with Gasteiger partial charge in [0.15, 0.2) is 5.69 Å². The van der Waals surface area contributed by atoms with Crippen LogP contribution in [0.1, 0.15) is 42.0 Å². The van der Waals surface area contributed by atoms with Gasteiger partial charge in [-0.3, -0.25) is 14.5 Å². The van der Waals surface area contributed by atoms with Crippen LogP contribution in [0.15, 0.2) is 35.1 Å². The van der Waals surface area contributed by atoms with E-state index in [0.29, 0.717) is 18.7 Å². The molecule has 1 saturated heterocycles. The summed E-state index contributed by atoms with van der Waals surface area (Å²) >= 11 is 0. The Hall–Kier alpha value is -2.72. The molecule has 10 heteroatoms. The first-order valence-corrected chi connectivity index (χ1v) is 10.5. The number of ether oxygens (including phenoxy) is 1. The molecule has 1 aromatic carbocycles. The molecule has 1 aliphatic rings. The highest BCUT2D eigenvalue weighted by atomic mass is 19.4. The van der Waals surface area contributed by atoms with Crippen LogP contribution in [0, 0.1) is 6.92 Å². The average molecular weight is 452 g/mol. The second-order valence-electron chi connectivity index (χ2n) is 8.08. The fraction of sp³-hybridized carbons (Fsp3) is 0.500. The number of halogens is 3. The molecule has 1 N–H and O–H groups in total. The largest absolute Gasteiger partial charge is 0.416 e. The van der Waals surface area contributed by atoms with E-state index in [1.54, 1.807) is 6.92 Å². The lowest BCUT2D eigenvalue weighted by Crippen LogP contribution is -2.46. The third-order valence-electron chi connectivity index (χ3n) is 5.17. The lowest BCUT2D eigenvalue weighted by atomic mass is 10.2. The first kappa shape index (κ1) is 23.9. The van der Waals surface area contributed by atoms with Gasteiger partial charge < -0.3 is 10.1 Å². The number of hydrogen-bond donors (Lipinski definition) is 1. The number of amides is 1. The SMILES string of the molecule is Cc1cc(=O)c(C(=O)NCCCN2CC(C)OC(C)C2)nn1-c1cccc(C(F)(F)F)c1. The van der Waals surface area contributed by atoms with E-state index in [-0.39, 0.29) is 23.6 Å². The van der Waals surface area contributed by atoms with Crippen LogP contribution in [0.5, 0.6) is 0 Å². The van der Waals surface area contributed by atoms with E-state index in [9.17, 15) is 22.8 Å². The summed E-state index contributed by atoms with van der Waals surface area (Å²) in [5.74, 6) is -0.653. The molecule has 0 aliphatic carbocycles. The molecule has 3 rings (SSSR count). The molecule has 2 heterocycles. The Morgan fingerprint density at radius 3 is 2.56 bits per heavy atom. The van der Waals surface area contributed by atoms with Crippen LogP contribution in [0.3, 0.4) is 0 Å². The molecule has 0 spiro atoms. The molecular formula is C22H27F3N4O3. The Balaban J connectivity index is 1.68. The van der Waals surface area contributed by atoms with Gasteiger partial charge in [0.05, 0.1) is 23.5 Å². The predicted molar refractivity (Wildman–Crippen MR) is 113 cm³/mol. The first-order valence-electron chi connectivity index (χ1n) is 10.5. The summed E-state index contributed by atoms with van der Waals surface area (Å²) in [6, 6.07) is 5.76. The summed E-state index contributed by atoms with van der Waals surface area (Å²) in [5, 5.41) is 6.73. The lowest BCUT2D eigenvalue weighted by Gasteiger charge is -2.35. The highest BCUT2D eigenvalue weighted by molar-refractivity contribution is 5.92. The molecule has 32 heavy (non-hydrogen) atoms. The van der Waals surface area contributed by atoms with Crippen molar-refractivity contribution in [3.63, 3.8) is 0 Å². The number of alkyl halides is 3. The summed E-state index contributed by atoms with van der Waals surface area (Å²) in [6.45, 7) is 8.33. The summed E-state index contributed by atoms with van der Waals surface area (Å²) in [7, 11) is 0. The summed E-state index contributed by atoms with van der Waals surface area (Å²) < 4.78 is 46.0. The van der Waals surface area contributed by atoms with Crippen molar-refractivity contribution in [1.29, 1.82) is 0 Å². The van der Waals surface area contributed by atoms with Crippen LogP contribution >= 0.6 is 0 Å². The highest BCUT2D eigenvalue weighted by Crippen LogP contribution is 2.30. The predicted octanol–water partition coefficient (Wildman–Crippen LogP) is 2.79. The standard InChI is InChI=1S/C22H27F3N4O3/c1-14-10-19(30)20(27-29(14)18-7-4-6-17(11-18)22(23,24)25)21(31)26-8-5-9-28-12-15(2)32-16(3)13-28/h4,6-7,10-11,15-16H,5,8-9,12-13H2,1-3H3,(H,26,31). The van der Waals surface area contributed by atoms with Gasteiger partial charge in [-0.25, -0.2) is 4.68 Å². The number of hydrogen-bond acceptors (Lipinski definition) is 5. The smallest absolute Gasteiger partial charge is 0.373 e. The second kappa shape index (κ2) is 9.83. The van der Waals surface area contributed by atoms with Crippen molar-refractivity contribution >= 4 is 5.91 Å². The van der Waals surface area contributed by atoms with Gasteiger partial charge in [-0.1, -0.05) is 6.07 Å². The van der Waals surface area contributed by atoms with E-state index in [2.05, 4.69) is 15.3 Å². The van der Waals surface area contributed by atoms with Crippen molar-refractivity contribution in [3.05, 3.63) is 57.5 Å². The molecule has 1 amide bonds. The maximum Gasteiger partial charge on any atom is 0.416 e. The van der Waals surface area contributed by atoms with E-state index in [0.717, 1.165) is 31.8 Å². The van der Waals surface area contributed by atoms with Crippen LogP contribution in [0.2, 0.25) is 0 Å².